The number of allylic oxidation sites excluding steroid dienone is 3. The average molecular weight is 523 g/mol. The van der Waals surface area contributed by atoms with Gasteiger partial charge in [0, 0.05) is 18.0 Å². The summed E-state index contributed by atoms with van der Waals surface area (Å²) in [6, 6.07) is 7.48. The van der Waals surface area contributed by atoms with Crippen molar-refractivity contribution in [1.82, 2.24) is 14.9 Å². The van der Waals surface area contributed by atoms with Gasteiger partial charge in [-0.1, -0.05) is 37.8 Å². The molecular weight excluding hydrogens is 494 g/mol. The number of aromatic carboxylic acids is 1. The van der Waals surface area contributed by atoms with E-state index in [1.807, 2.05) is 13.0 Å². The number of carboxylic acids is 1. The molecule has 0 aliphatic carbocycles. The Morgan fingerprint density at radius 1 is 1.26 bits per heavy atom. The number of pyridine rings is 2. The Balaban J connectivity index is 2.02. The van der Waals surface area contributed by atoms with Gasteiger partial charge in [0.15, 0.2) is 11.6 Å². The van der Waals surface area contributed by atoms with Crippen LogP contribution in [0.2, 0.25) is 0 Å². The van der Waals surface area contributed by atoms with Gasteiger partial charge in [-0.15, -0.1) is 0 Å². The first-order valence-corrected chi connectivity index (χ1v) is 11.7. The van der Waals surface area contributed by atoms with Gasteiger partial charge in [0.1, 0.15) is 11.4 Å². The van der Waals surface area contributed by atoms with Crippen LogP contribution in [0.5, 0.6) is 0 Å². The molecule has 0 radical (unpaired) electrons. The number of hydrogen-bond acceptors (Lipinski definition) is 5. The maximum atomic E-state index is 13.6. The molecule has 0 fully saturated rings. The van der Waals surface area contributed by atoms with E-state index in [1.54, 1.807) is 19.1 Å². The van der Waals surface area contributed by atoms with Crippen LogP contribution >= 0.6 is 0 Å². The highest BCUT2D eigenvalue weighted by Gasteiger charge is 2.37. The molecule has 0 spiro atoms. The number of anilines is 1. The number of carboxylic acid groups (broad SMARTS) is 1. The van der Waals surface area contributed by atoms with Gasteiger partial charge in [-0.3, -0.25) is 9.59 Å². The number of amides is 1. The van der Waals surface area contributed by atoms with Crippen LogP contribution in [0.1, 0.15) is 52.1 Å². The number of carbonyl (C=O) groups excluding carboxylic acids is 1. The highest BCUT2D eigenvalue weighted by Crippen LogP contribution is 2.35. The van der Waals surface area contributed by atoms with Crippen LogP contribution in [0, 0.1) is 17.6 Å². The van der Waals surface area contributed by atoms with Crippen LogP contribution in [-0.4, -0.2) is 26.5 Å². The van der Waals surface area contributed by atoms with E-state index in [0.29, 0.717) is 12.0 Å². The van der Waals surface area contributed by atoms with Crippen LogP contribution in [0.3, 0.4) is 0 Å². The Labute approximate surface area is 218 Å². The second-order valence-corrected chi connectivity index (χ2v) is 9.02. The summed E-state index contributed by atoms with van der Waals surface area (Å²) in [4.78, 5) is 42.3. The molecule has 1 amide bonds. The second-order valence-electron chi connectivity index (χ2n) is 9.02. The van der Waals surface area contributed by atoms with E-state index in [2.05, 4.69) is 16.9 Å². The van der Waals surface area contributed by atoms with Crippen molar-refractivity contribution < 1.29 is 23.5 Å². The molecule has 10 heteroatoms. The molecule has 8 nitrogen and oxygen atoms in total. The maximum absolute atomic E-state index is 13.6. The molecule has 1 aromatic carbocycles. The van der Waals surface area contributed by atoms with Crippen LogP contribution in [0.4, 0.5) is 14.6 Å². The zero-order valence-electron chi connectivity index (χ0n) is 20.9. The van der Waals surface area contributed by atoms with Crippen molar-refractivity contribution in [2.45, 2.75) is 32.4 Å². The molecule has 0 aliphatic heterocycles. The third kappa shape index (κ3) is 6.03. The Bertz CT molecular complexity index is 1470. The fourth-order valence-corrected chi connectivity index (χ4v) is 4.05. The van der Waals surface area contributed by atoms with E-state index in [1.165, 1.54) is 35.0 Å². The van der Waals surface area contributed by atoms with E-state index < -0.39 is 34.6 Å². The first-order chi connectivity index (χ1) is 18.0. The smallest absolute Gasteiger partial charge is 0.337 e. The quantitative estimate of drug-likeness (QED) is 0.342. The molecule has 3 aromatic rings. The number of halogens is 2. The largest absolute Gasteiger partial charge is 0.478 e. The molecule has 0 saturated carbocycles. The number of nitrogens with one attached hydrogen (secondary N) is 1. The van der Waals surface area contributed by atoms with Crippen molar-refractivity contribution in [2.75, 3.05) is 5.73 Å². The van der Waals surface area contributed by atoms with Gasteiger partial charge in [-0.25, -0.2) is 18.6 Å². The van der Waals surface area contributed by atoms with E-state index in [-0.39, 0.29) is 35.0 Å². The summed E-state index contributed by atoms with van der Waals surface area (Å²) >= 11 is 0. The zero-order valence-corrected chi connectivity index (χ0v) is 20.9. The number of aromatic nitrogens is 2. The summed E-state index contributed by atoms with van der Waals surface area (Å²) in [5.74, 6) is -4.29. The normalized spacial score (nSPS) is 13.6. The van der Waals surface area contributed by atoms with Crippen LogP contribution < -0.4 is 16.6 Å². The van der Waals surface area contributed by atoms with E-state index in [0.717, 1.165) is 18.3 Å². The number of rotatable bonds is 10. The first kappa shape index (κ1) is 28.0. The summed E-state index contributed by atoms with van der Waals surface area (Å²) in [5, 5.41) is 12.4. The summed E-state index contributed by atoms with van der Waals surface area (Å²) in [5.41, 5.74) is 4.55. The number of carbonyl (C=O) groups is 2. The monoisotopic (exact) mass is 522 g/mol. The fourth-order valence-electron chi connectivity index (χ4n) is 4.05. The van der Waals surface area contributed by atoms with Gasteiger partial charge in [-0.05, 0) is 55.2 Å². The maximum Gasteiger partial charge on any atom is 0.337 e. The number of nitrogens with zero attached hydrogens (tertiary/aromatic N) is 2. The molecule has 2 aromatic heterocycles. The number of nitrogen functional groups attached to an aromatic ring is 1. The van der Waals surface area contributed by atoms with Gasteiger partial charge in [-0.2, -0.15) is 0 Å². The van der Waals surface area contributed by atoms with Gasteiger partial charge in [0.2, 0.25) is 0 Å². The second kappa shape index (κ2) is 11.6. The van der Waals surface area contributed by atoms with E-state index in [9.17, 15) is 28.3 Å². The Morgan fingerprint density at radius 3 is 2.66 bits per heavy atom. The first-order valence-electron chi connectivity index (χ1n) is 11.7. The molecule has 38 heavy (non-hydrogen) atoms. The molecule has 0 saturated heterocycles. The standard InChI is InChI=1S/C28H28F2N4O4/c1-4-5-6-8-17(2)28(3,21-14-19(27(37)38)15-32-24(21)31)33-25(35)20-9-7-12-34(26(20)36)16-18-10-11-22(29)23(30)13-18/h4-7,9-15,17H,1,8,16H2,2-3H3,(H2,31,32)(H,33,35)(H,37,38)/b6-5-/t17-,28?/m0/s1. The van der Waals surface area contributed by atoms with Gasteiger partial charge in [0.05, 0.1) is 17.6 Å². The third-order valence-electron chi connectivity index (χ3n) is 6.45. The predicted octanol–water partition coefficient (Wildman–Crippen LogP) is 4.26. The van der Waals surface area contributed by atoms with Crippen molar-refractivity contribution in [3.63, 3.8) is 0 Å². The molecular formula is C28H28F2N4O4. The number of hydrogen-bond donors (Lipinski definition) is 3. The molecule has 0 aliphatic rings. The topological polar surface area (TPSA) is 127 Å². The minimum atomic E-state index is -1.24. The van der Waals surface area contributed by atoms with Crippen molar-refractivity contribution in [2.24, 2.45) is 5.92 Å². The lowest BCUT2D eigenvalue weighted by Crippen LogP contribution is -2.50. The lowest BCUT2D eigenvalue weighted by atomic mass is 9.78. The molecule has 198 valence electrons. The van der Waals surface area contributed by atoms with Crippen molar-refractivity contribution in [3.8, 4) is 0 Å². The summed E-state index contributed by atoms with van der Waals surface area (Å²) < 4.78 is 28.1. The lowest BCUT2D eigenvalue weighted by Gasteiger charge is -2.37. The van der Waals surface area contributed by atoms with Crippen molar-refractivity contribution in [1.29, 1.82) is 0 Å². The molecule has 2 atom stereocenters. The minimum absolute atomic E-state index is 0.0289. The lowest BCUT2D eigenvalue weighted by molar-refractivity contribution is 0.0696. The third-order valence-corrected chi connectivity index (χ3v) is 6.45. The Kier molecular flexibility index (Phi) is 8.57. The summed E-state index contributed by atoms with van der Waals surface area (Å²) in [6.07, 6.45) is 8.18. The zero-order chi connectivity index (χ0) is 28.0. The minimum Gasteiger partial charge on any atom is -0.478 e. The highest BCUT2D eigenvalue weighted by molar-refractivity contribution is 5.94. The van der Waals surface area contributed by atoms with Gasteiger partial charge >= 0.3 is 5.97 Å². The highest BCUT2D eigenvalue weighted by atomic mass is 19.2. The number of nitrogens with two attached hydrogens (primary N) is 1. The number of benzene rings is 1. The predicted molar refractivity (Wildman–Crippen MR) is 140 cm³/mol. The Hall–Kier alpha value is -4.60. The van der Waals surface area contributed by atoms with Crippen LogP contribution in [-0.2, 0) is 12.1 Å². The van der Waals surface area contributed by atoms with Crippen molar-refractivity contribution >= 4 is 17.7 Å². The SMILES string of the molecule is C=C/C=C\C[C@H](C)C(C)(NC(=O)c1cccn(Cc2ccc(F)c(F)c2)c1=O)c1cc(C(=O)O)cnc1N. The van der Waals surface area contributed by atoms with E-state index >= 15 is 0 Å². The summed E-state index contributed by atoms with van der Waals surface area (Å²) in [7, 11) is 0. The van der Waals surface area contributed by atoms with Crippen molar-refractivity contribution in [3.05, 3.63) is 118 Å². The van der Waals surface area contributed by atoms with Crippen LogP contribution in [0.15, 0.2) is 78.4 Å². The fraction of sp³-hybridized carbons (Fsp3) is 0.214. The van der Waals surface area contributed by atoms with Gasteiger partial charge < -0.3 is 20.7 Å². The van der Waals surface area contributed by atoms with E-state index in [4.69, 9.17) is 5.73 Å². The summed E-state index contributed by atoms with van der Waals surface area (Å²) in [6.45, 7) is 7.07. The van der Waals surface area contributed by atoms with Crippen LogP contribution in [0.25, 0.3) is 0 Å². The average Bonchev–Trinajstić information content (AvgIpc) is 2.87. The Morgan fingerprint density at radius 2 is 2.00 bits per heavy atom. The molecule has 1 unspecified atom stereocenters. The molecule has 3 rings (SSSR count). The molecule has 0 bridgehead atoms. The molecule has 4 N–H and O–H groups in total. The molecule has 2 heterocycles. The van der Waals surface area contributed by atoms with Gasteiger partial charge in [0.25, 0.3) is 11.5 Å².